The number of rotatable bonds is 4. The number of thiophene rings is 1. The maximum atomic E-state index is 12.9. The summed E-state index contributed by atoms with van der Waals surface area (Å²) in [7, 11) is 0. The predicted molar refractivity (Wildman–Crippen MR) is 129 cm³/mol. The lowest BCUT2D eigenvalue weighted by atomic mass is 9.97. The molecule has 0 saturated carbocycles. The highest BCUT2D eigenvalue weighted by Crippen LogP contribution is 2.33. The summed E-state index contributed by atoms with van der Waals surface area (Å²) >= 11 is 1.69. The smallest absolute Gasteiger partial charge is 0.259 e. The molecule has 3 aromatic rings. The summed E-state index contributed by atoms with van der Waals surface area (Å²) in [4.78, 5) is 39.9. The molecule has 168 valence electrons. The zero-order valence-electron chi connectivity index (χ0n) is 18.8. The summed E-state index contributed by atoms with van der Waals surface area (Å²) in [5.41, 5.74) is 3.23. The molecule has 1 fully saturated rings. The molecule has 1 amide bonds. The van der Waals surface area contributed by atoms with Gasteiger partial charge in [-0.1, -0.05) is 26.0 Å². The van der Waals surface area contributed by atoms with Crippen LogP contribution in [0.25, 0.3) is 10.2 Å². The number of aryl methyl sites for hydroxylation is 2. The largest absolute Gasteiger partial charge is 0.336 e. The average molecular weight is 451 g/mol. The monoisotopic (exact) mass is 450 g/mol. The Morgan fingerprint density at radius 1 is 1.09 bits per heavy atom. The van der Waals surface area contributed by atoms with E-state index in [0.29, 0.717) is 25.6 Å². The Kier molecular flexibility index (Phi) is 5.86. The Hall–Kier alpha value is -2.51. The lowest BCUT2D eigenvalue weighted by molar-refractivity contribution is 0.0625. The molecule has 1 aliphatic carbocycles. The van der Waals surface area contributed by atoms with E-state index >= 15 is 0 Å². The van der Waals surface area contributed by atoms with Gasteiger partial charge in [-0.3, -0.25) is 14.5 Å². The second kappa shape index (κ2) is 8.79. The summed E-state index contributed by atoms with van der Waals surface area (Å²) in [6, 6.07) is 7.98. The fourth-order valence-corrected chi connectivity index (χ4v) is 6.08. The van der Waals surface area contributed by atoms with Gasteiger partial charge in [0.15, 0.2) is 0 Å². The number of fused-ring (bicyclic) bond motifs is 3. The fraction of sp³-hybridized carbons (Fsp3) is 0.480. The number of carbonyl (C=O) groups is 1. The van der Waals surface area contributed by atoms with Crippen LogP contribution in [0.1, 0.15) is 64.8 Å². The molecule has 7 heteroatoms. The normalized spacial score (nSPS) is 17.2. The van der Waals surface area contributed by atoms with Gasteiger partial charge in [-0.25, -0.2) is 4.98 Å². The number of aromatic amines is 1. The first kappa shape index (κ1) is 21.3. The van der Waals surface area contributed by atoms with Crippen molar-refractivity contribution in [3.05, 3.63) is 62.0 Å². The van der Waals surface area contributed by atoms with Crippen molar-refractivity contribution in [2.45, 2.75) is 52.0 Å². The topological polar surface area (TPSA) is 69.3 Å². The number of benzene rings is 1. The third-order valence-corrected chi connectivity index (χ3v) is 7.92. The van der Waals surface area contributed by atoms with Gasteiger partial charge in [0.1, 0.15) is 10.7 Å². The standard InChI is InChI=1S/C25H30N4O2S/c1-16(2)17-7-9-18(10-8-17)25(31)29-13-11-28(12-14-29)15-21-26-23(30)22-19-5-3-4-6-20(19)32-24(22)27-21/h7-10,16H,3-6,11-15H2,1-2H3,(H,26,27,30). The lowest BCUT2D eigenvalue weighted by Crippen LogP contribution is -2.48. The van der Waals surface area contributed by atoms with Crippen LogP contribution in [0.2, 0.25) is 0 Å². The molecular formula is C25H30N4O2S. The number of hydrogen-bond acceptors (Lipinski definition) is 5. The zero-order chi connectivity index (χ0) is 22.2. The molecule has 1 saturated heterocycles. The summed E-state index contributed by atoms with van der Waals surface area (Å²) in [5.74, 6) is 1.28. The molecule has 0 radical (unpaired) electrons. The van der Waals surface area contributed by atoms with E-state index in [1.807, 2.05) is 17.0 Å². The number of nitrogens with one attached hydrogen (secondary N) is 1. The van der Waals surface area contributed by atoms with E-state index in [1.165, 1.54) is 22.4 Å². The Labute approximate surface area is 192 Å². The Morgan fingerprint density at radius 2 is 1.81 bits per heavy atom. The van der Waals surface area contributed by atoms with Crippen LogP contribution in [0, 0.1) is 0 Å². The van der Waals surface area contributed by atoms with Crippen LogP contribution in [-0.2, 0) is 19.4 Å². The number of amides is 1. The molecule has 0 bridgehead atoms. The predicted octanol–water partition coefficient (Wildman–Crippen LogP) is 3.94. The van der Waals surface area contributed by atoms with E-state index in [2.05, 4.69) is 35.9 Å². The van der Waals surface area contributed by atoms with E-state index in [0.717, 1.165) is 54.0 Å². The molecule has 1 N–H and O–H groups in total. The highest BCUT2D eigenvalue weighted by molar-refractivity contribution is 7.18. The van der Waals surface area contributed by atoms with E-state index in [1.54, 1.807) is 11.3 Å². The van der Waals surface area contributed by atoms with Crippen LogP contribution < -0.4 is 5.56 Å². The summed E-state index contributed by atoms with van der Waals surface area (Å²) < 4.78 is 0. The second-order valence-electron chi connectivity index (χ2n) is 9.25. The van der Waals surface area contributed by atoms with Crippen molar-refractivity contribution in [3.8, 4) is 0 Å². The molecule has 2 aliphatic rings. The molecule has 6 nitrogen and oxygen atoms in total. The van der Waals surface area contributed by atoms with Gasteiger partial charge < -0.3 is 9.88 Å². The molecule has 1 aliphatic heterocycles. The van der Waals surface area contributed by atoms with Crippen molar-refractivity contribution in [2.24, 2.45) is 0 Å². The third kappa shape index (κ3) is 4.11. The Morgan fingerprint density at radius 3 is 2.53 bits per heavy atom. The van der Waals surface area contributed by atoms with Gasteiger partial charge in [0, 0.05) is 36.6 Å². The van der Waals surface area contributed by atoms with Crippen molar-refractivity contribution < 1.29 is 4.79 Å². The minimum atomic E-state index is 0.00283. The molecule has 0 spiro atoms. The quantitative estimate of drug-likeness (QED) is 0.654. The van der Waals surface area contributed by atoms with E-state index in [-0.39, 0.29) is 11.5 Å². The maximum Gasteiger partial charge on any atom is 0.259 e. The van der Waals surface area contributed by atoms with Crippen LogP contribution in [0.4, 0.5) is 0 Å². The molecule has 32 heavy (non-hydrogen) atoms. The molecule has 0 unspecified atom stereocenters. The maximum absolute atomic E-state index is 12.9. The number of carbonyl (C=O) groups excluding carboxylic acids is 1. The van der Waals surface area contributed by atoms with Gasteiger partial charge in [0.2, 0.25) is 0 Å². The highest BCUT2D eigenvalue weighted by atomic mass is 32.1. The first-order valence-electron chi connectivity index (χ1n) is 11.6. The lowest BCUT2D eigenvalue weighted by Gasteiger charge is -2.34. The van der Waals surface area contributed by atoms with Gasteiger partial charge >= 0.3 is 0 Å². The minimum Gasteiger partial charge on any atom is -0.336 e. The first-order valence-corrected chi connectivity index (χ1v) is 12.5. The molecular weight excluding hydrogens is 420 g/mol. The van der Waals surface area contributed by atoms with Gasteiger partial charge in [0.25, 0.3) is 11.5 Å². The van der Waals surface area contributed by atoms with Crippen molar-refractivity contribution in [1.29, 1.82) is 0 Å². The van der Waals surface area contributed by atoms with Gasteiger partial charge in [-0.05, 0) is 54.9 Å². The van der Waals surface area contributed by atoms with Crippen molar-refractivity contribution >= 4 is 27.5 Å². The number of H-pyrrole nitrogens is 1. The number of nitrogens with zero attached hydrogens (tertiary/aromatic N) is 3. The number of aromatic nitrogens is 2. The van der Waals surface area contributed by atoms with Crippen LogP contribution in [0.15, 0.2) is 29.1 Å². The Bertz CT molecular complexity index is 1190. The molecule has 2 aromatic heterocycles. The third-order valence-electron chi connectivity index (χ3n) is 6.73. The van der Waals surface area contributed by atoms with Crippen LogP contribution in [0.5, 0.6) is 0 Å². The van der Waals surface area contributed by atoms with Gasteiger partial charge in [0.05, 0.1) is 11.9 Å². The van der Waals surface area contributed by atoms with E-state index < -0.39 is 0 Å². The van der Waals surface area contributed by atoms with Crippen LogP contribution in [0.3, 0.4) is 0 Å². The van der Waals surface area contributed by atoms with Crippen molar-refractivity contribution in [3.63, 3.8) is 0 Å². The van der Waals surface area contributed by atoms with Crippen molar-refractivity contribution in [1.82, 2.24) is 19.8 Å². The minimum absolute atomic E-state index is 0.00283. The fourth-order valence-electron chi connectivity index (χ4n) is 4.80. The highest BCUT2D eigenvalue weighted by Gasteiger charge is 2.24. The van der Waals surface area contributed by atoms with Gasteiger partial charge in [-0.2, -0.15) is 0 Å². The second-order valence-corrected chi connectivity index (χ2v) is 10.3. The van der Waals surface area contributed by atoms with Gasteiger partial charge in [-0.15, -0.1) is 11.3 Å². The summed E-state index contributed by atoms with van der Waals surface area (Å²) in [6.07, 6.45) is 4.43. The molecule has 1 aromatic carbocycles. The number of hydrogen-bond donors (Lipinski definition) is 1. The average Bonchev–Trinajstić information content (AvgIpc) is 3.18. The molecule has 3 heterocycles. The molecule has 0 atom stereocenters. The van der Waals surface area contributed by atoms with Crippen LogP contribution in [-0.4, -0.2) is 51.9 Å². The van der Waals surface area contributed by atoms with E-state index in [4.69, 9.17) is 4.98 Å². The Balaban J connectivity index is 1.23. The summed E-state index contributed by atoms with van der Waals surface area (Å²) in [5, 5.41) is 0.812. The van der Waals surface area contributed by atoms with Crippen molar-refractivity contribution in [2.75, 3.05) is 26.2 Å². The zero-order valence-corrected chi connectivity index (χ0v) is 19.6. The van der Waals surface area contributed by atoms with Crippen LogP contribution >= 0.6 is 11.3 Å². The number of piperazine rings is 1. The molecule has 5 rings (SSSR count). The first-order chi connectivity index (χ1) is 15.5. The SMILES string of the molecule is CC(C)c1ccc(C(=O)N2CCN(Cc3nc4sc5c(c4c(=O)[nH]3)CCCC5)CC2)cc1. The van der Waals surface area contributed by atoms with E-state index in [9.17, 15) is 9.59 Å². The summed E-state index contributed by atoms with van der Waals surface area (Å²) in [6.45, 7) is 7.84.